The Morgan fingerprint density at radius 3 is 2.40 bits per heavy atom. The highest BCUT2D eigenvalue weighted by Gasteiger charge is 2.65. The van der Waals surface area contributed by atoms with E-state index in [0.29, 0.717) is 5.82 Å². The van der Waals surface area contributed by atoms with Gasteiger partial charge in [0.25, 0.3) is 0 Å². The highest BCUT2D eigenvalue weighted by atomic mass is 16.4. The van der Waals surface area contributed by atoms with Crippen LogP contribution < -0.4 is 5.32 Å². The molecule has 1 fully saturated rings. The van der Waals surface area contributed by atoms with Crippen LogP contribution in [-0.2, 0) is 9.59 Å². The summed E-state index contributed by atoms with van der Waals surface area (Å²) in [5.74, 6) is -1.82. The number of aromatic nitrogens is 2. The molecule has 0 saturated heterocycles. The quantitative estimate of drug-likeness (QED) is 0.883. The van der Waals surface area contributed by atoms with Crippen LogP contribution in [0.3, 0.4) is 0 Å². The van der Waals surface area contributed by atoms with Gasteiger partial charge in [-0.2, -0.15) is 5.10 Å². The molecule has 2 atom stereocenters. The fraction of sp³-hybridized carbons (Fsp3) is 0.643. The second-order valence-electron chi connectivity index (χ2n) is 6.31. The summed E-state index contributed by atoms with van der Waals surface area (Å²) in [5.41, 5.74) is 0.464. The van der Waals surface area contributed by atoms with Crippen molar-refractivity contribution in [2.45, 2.75) is 40.7 Å². The smallest absolute Gasteiger partial charge is 0.307 e. The summed E-state index contributed by atoms with van der Waals surface area (Å²) in [5, 5.41) is 16.1. The first kappa shape index (κ1) is 14.6. The fourth-order valence-corrected chi connectivity index (χ4v) is 2.86. The lowest BCUT2D eigenvalue weighted by atomic mass is 10.1. The third-order valence-electron chi connectivity index (χ3n) is 4.04. The van der Waals surface area contributed by atoms with Gasteiger partial charge in [-0.1, -0.05) is 13.8 Å². The van der Waals surface area contributed by atoms with Gasteiger partial charge >= 0.3 is 5.97 Å². The topological polar surface area (TPSA) is 84.2 Å². The number of aryl methyl sites for hydroxylation is 1. The Kier molecular flexibility index (Phi) is 3.36. The van der Waals surface area contributed by atoms with E-state index in [4.69, 9.17) is 5.11 Å². The largest absolute Gasteiger partial charge is 0.481 e. The van der Waals surface area contributed by atoms with Gasteiger partial charge in [0.2, 0.25) is 5.91 Å². The van der Waals surface area contributed by atoms with Crippen molar-refractivity contribution in [3.63, 3.8) is 0 Å². The first-order chi connectivity index (χ1) is 9.16. The lowest BCUT2D eigenvalue weighted by Crippen LogP contribution is -2.18. The lowest BCUT2D eigenvalue weighted by Gasteiger charge is -2.07. The molecule has 6 nitrogen and oxygen atoms in total. The van der Waals surface area contributed by atoms with E-state index in [1.54, 1.807) is 19.9 Å². The molecule has 0 unspecified atom stereocenters. The summed E-state index contributed by atoms with van der Waals surface area (Å²) in [6, 6.07) is 2.01. The van der Waals surface area contributed by atoms with E-state index in [1.807, 2.05) is 25.5 Å². The minimum atomic E-state index is -0.918. The number of hydrogen-bond donors (Lipinski definition) is 2. The van der Waals surface area contributed by atoms with Gasteiger partial charge in [0.1, 0.15) is 0 Å². The molecule has 1 aromatic heterocycles. The summed E-state index contributed by atoms with van der Waals surface area (Å²) >= 11 is 0. The normalized spacial score (nSPS) is 23.7. The van der Waals surface area contributed by atoms with Crippen LogP contribution in [-0.4, -0.2) is 26.8 Å². The van der Waals surface area contributed by atoms with Crippen molar-refractivity contribution < 1.29 is 14.7 Å². The number of nitrogens with zero attached hydrogens (tertiary/aromatic N) is 2. The molecule has 0 bridgehead atoms. The minimum absolute atomic E-state index is 0.213. The molecule has 0 aromatic carbocycles. The van der Waals surface area contributed by atoms with Crippen LogP contribution in [0.2, 0.25) is 0 Å². The van der Waals surface area contributed by atoms with E-state index in [1.165, 1.54) is 0 Å². The maximum absolute atomic E-state index is 12.2. The Morgan fingerprint density at radius 2 is 2.00 bits per heavy atom. The molecule has 1 aromatic rings. The van der Waals surface area contributed by atoms with Crippen molar-refractivity contribution in [1.29, 1.82) is 0 Å². The van der Waals surface area contributed by atoms with Gasteiger partial charge in [-0.25, -0.2) is 0 Å². The maximum atomic E-state index is 12.2. The zero-order chi connectivity index (χ0) is 15.2. The molecular weight excluding hydrogens is 258 g/mol. The summed E-state index contributed by atoms with van der Waals surface area (Å²) in [7, 11) is 0. The number of nitrogens with one attached hydrogen (secondary N) is 1. The van der Waals surface area contributed by atoms with Crippen molar-refractivity contribution in [2.75, 3.05) is 5.32 Å². The second kappa shape index (κ2) is 4.61. The van der Waals surface area contributed by atoms with Crippen molar-refractivity contribution in [3.05, 3.63) is 11.8 Å². The first-order valence-corrected chi connectivity index (χ1v) is 6.76. The molecule has 20 heavy (non-hydrogen) atoms. The molecular formula is C14H21N3O3. The fourth-order valence-electron chi connectivity index (χ4n) is 2.86. The van der Waals surface area contributed by atoms with Gasteiger partial charge in [-0.3, -0.25) is 14.3 Å². The second-order valence-corrected chi connectivity index (χ2v) is 6.31. The molecule has 1 heterocycles. The number of hydrogen-bond acceptors (Lipinski definition) is 3. The number of carbonyl (C=O) groups is 2. The number of amides is 1. The standard InChI is InChI=1S/C14H21N3O3/c1-7(2)17-8(3)6-9(16-17)15-12(18)10-11(13(19)20)14(10,4)5/h6-7,10-11H,1-5H3,(H,19,20)(H,15,16,18)/t10-,11+/m1/s1. The molecule has 6 heteroatoms. The molecule has 1 aliphatic carbocycles. The van der Waals surface area contributed by atoms with Crippen LogP contribution >= 0.6 is 0 Å². The predicted octanol–water partition coefficient (Wildman–Crippen LogP) is 2.07. The van der Waals surface area contributed by atoms with Gasteiger partial charge in [-0.05, 0) is 26.2 Å². The Balaban J connectivity index is 2.10. The summed E-state index contributed by atoms with van der Waals surface area (Å²) < 4.78 is 1.82. The number of carboxylic acids is 1. The molecule has 1 saturated carbocycles. The number of carbonyl (C=O) groups excluding carboxylic acids is 1. The van der Waals surface area contributed by atoms with Gasteiger partial charge in [0, 0.05) is 17.8 Å². The molecule has 110 valence electrons. The van der Waals surface area contributed by atoms with Crippen molar-refractivity contribution in [1.82, 2.24) is 9.78 Å². The van der Waals surface area contributed by atoms with Crippen LogP contribution in [0, 0.1) is 24.2 Å². The third-order valence-corrected chi connectivity index (χ3v) is 4.04. The van der Waals surface area contributed by atoms with E-state index in [2.05, 4.69) is 10.4 Å². The van der Waals surface area contributed by atoms with E-state index in [-0.39, 0.29) is 11.9 Å². The summed E-state index contributed by atoms with van der Waals surface area (Å²) in [6.07, 6.45) is 0. The van der Waals surface area contributed by atoms with Gasteiger partial charge < -0.3 is 10.4 Å². The molecule has 2 N–H and O–H groups in total. The van der Waals surface area contributed by atoms with Crippen molar-refractivity contribution in [2.24, 2.45) is 17.3 Å². The number of anilines is 1. The van der Waals surface area contributed by atoms with E-state index >= 15 is 0 Å². The van der Waals surface area contributed by atoms with Gasteiger partial charge in [-0.15, -0.1) is 0 Å². The minimum Gasteiger partial charge on any atom is -0.481 e. The van der Waals surface area contributed by atoms with Crippen molar-refractivity contribution in [3.8, 4) is 0 Å². The van der Waals surface area contributed by atoms with Crippen LogP contribution in [0.1, 0.15) is 39.4 Å². The first-order valence-electron chi connectivity index (χ1n) is 6.76. The van der Waals surface area contributed by atoms with Crippen molar-refractivity contribution >= 4 is 17.7 Å². The molecule has 0 spiro atoms. The average molecular weight is 279 g/mol. The zero-order valence-electron chi connectivity index (χ0n) is 12.5. The summed E-state index contributed by atoms with van der Waals surface area (Å²) in [4.78, 5) is 23.3. The average Bonchev–Trinajstić information content (AvgIpc) is 2.68. The number of carboxylic acid groups (broad SMARTS) is 1. The highest BCUT2D eigenvalue weighted by Crippen LogP contribution is 2.58. The molecule has 2 rings (SSSR count). The number of rotatable bonds is 4. The number of aliphatic carboxylic acids is 1. The van der Waals surface area contributed by atoms with Crippen LogP contribution in [0.25, 0.3) is 0 Å². The third kappa shape index (κ3) is 2.30. The summed E-state index contributed by atoms with van der Waals surface area (Å²) in [6.45, 7) is 9.54. The van der Waals surface area contributed by atoms with Crippen LogP contribution in [0.4, 0.5) is 5.82 Å². The van der Waals surface area contributed by atoms with E-state index in [0.717, 1.165) is 5.69 Å². The molecule has 1 amide bonds. The Morgan fingerprint density at radius 1 is 1.40 bits per heavy atom. The molecule has 0 aliphatic heterocycles. The van der Waals surface area contributed by atoms with E-state index in [9.17, 15) is 9.59 Å². The Hall–Kier alpha value is -1.85. The van der Waals surface area contributed by atoms with Crippen LogP contribution in [0.15, 0.2) is 6.07 Å². The van der Waals surface area contributed by atoms with Crippen LogP contribution in [0.5, 0.6) is 0 Å². The Labute approximate surface area is 118 Å². The highest BCUT2D eigenvalue weighted by molar-refractivity contribution is 5.99. The van der Waals surface area contributed by atoms with Gasteiger partial charge in [0.05, 0.1) is 11.8 Å². The maximum Gasteiger partial charge on any atom is 0.307 e. The van der Waals surface area contributed by atoms with E-state index < -0.39 is 23.2 Å². The SMILES string of the molecule is Cc1cc(NC(=O)[C@H]2[C@@H](C(=O)O)C2(C)C)nn1C(C)C. The lowest BCUT2D eigenvalue weighted by molar-refractivity contribution is -0.140. The Bertz CT molecular complexity index is 560. The predicted molar refractivity (Wildman–Crippen MR) is 74.4 cm³/mol. The molecule has 0 radical (unpaired) electrons. The molecule has 1 aliphatic rings. The van der Waals surface area contributed by atoms with Gasteiger partial charge in [0.15, 0.2) is 5.82 Å². The monoisotopic (exact) mass is 279 g/mol. The zero-order valence-corrected chi connectivity index (χ0v) is 12.5.